The maximum absolute atomic E-state index is 5.97. The summed E-state index contributed by atoms with van der Waals surface area (Å²) in [6.07, 6.45) is 2.27. The van der Waals surface area contributed by atoms with Crippen LogP contribution in [0.4, 0.5) is 0 Å². The topological polar surface area (TPSA) is 74.2 Å². The Labute approximate surface area is 122 Å². The Balaban J connectivity index is 1.70. The minimum absolute atomic E-state index is 0.156. The lowest BCUT2D eigenvalue weighted by atomic mass is 10.1. The van der Waals surface area contributed by atoms with Gasteiger partial charge >= 0.3 is 0 Å². The van der Waals surface area contributed by atoms with E-state index >= 15 is 0 Å². The van der Waals surface area contributed by atoms with Crippen molar-refractivity contribution in [2.45, 2.75) is 38.3 Å². The average molecular weight is 294 g/mol. The highest BCUT2D eigenvalue weighted by Gasteiger charge is 2.29. The van der Waals surface area contributed by atoms with Crippen molar-refractivity contribution >= 4 is 11.6 Å². The molecule has 0 aliphatic heterocycles. The van der Waals surface area contributed by atoms with Gasteiger partial charge in [0.05, 0.1) is 0 Å². The van der Waals surface area contributed by atoms with Crippen LogP contribution in [0, 0.1) is 0 Å². The Morgan fingerprint density at radius 3 is 3.00 bits per heavy atom. The second kappa shape index (κ2) is 5.42. The fraction of sp³-hybridized carbons (Fsp3) is 0.429. The quantitative estimate of drug-likeness (QED) is 0.916. The Morgan fingerprint density at radius 1 is 1.50 bits per heavy atom. The van der Waals surface area contributed by atoms with Crippen LogP contribution in [-0.4, -0.2) is 10.1 Å². The zero-order valence-electron chi connectivity index (χ0n) is 11.2. The SMILES string of the molecule is C[C@H](N)c1cc(Cl)ccc1OCc1noc(C2CC2)n1. The highest BCUT2D eigenvalue weighted by atomic mass is 35.5. The second-order valence-corrected chi connectivity index (χ2v) is 5.52. The Bertz CT molecular complexity index is 608. The van der Waals surface area contributed by atoms with Gasteiger partial charge in [-0.1, -0.05) is 16.8 Å². The number of halogens is 1. The first kappa shape index (κ1) is 13.4. The van der Waals surface area contributed by atoms with E-state index in [0.29, 0.717) is 28.4 Å². The Hall–Kier alpha value is -1.59. The van der Waals surface area contributed by atoms with Gasteiger partial charge in [0.25, 0.3) is 0 Å². The van der Waals surface area contributed by atoms with E-state index in [1.165, 1.54) is 0 Å². The number of nitrogens with zero attached hydrogens (tertiary/aromatic N) is 2. The summed E-state index contributed by atoms with van der Waals surface area (Å²) in [5.74, 6) is 2.41. The van der Waals surface area contributed by atoms with Crippen molar-refractivity contribution in [3.8, 4) is 5.75 Å². The van der Waals surface area contributed by atoms with Crippen LogP contribution in [0.15, 0.2) is 22.7 Å². The molecule has 1 saturated carbocycles. The third-order valence-corrected chi connectivity index (χ3v) is 3.46. The van der Waals surface area contributed by atoms with Crippen LogP contribution in [0.1, 0.15) is 49.0 Å². The Kier molecular flexibility index (Phi) is 3.63. The number of benzene rings is 1. The van der Waals surface area contributed by atoms with E-state index in [1.54, 1.807) is 6.07 Å². The standard InChI is InChI=1S/C14H16ClN3O2/c1-8(16)11-6-10(15)4-5-12(11)19-7-13-17-14(20-18-13)9-2-3-9/h4-6,8-9H,2-3,7,16H2,1H3/t8-/m0/s1. The lowest BCUT2D eigenvalue weighted by Gasteiger charge is -2.13. The van der Waals surface area contributed by atoms with Gasteiger partial charge in [-0.3, -0.25) is 0 Å². The van der Waals surface area contributed by atoms with Gasteiger partial charge in [-0.25, -0.2) is 0 Å². The summed E-state index contributed by atoms with van der Waals surface area (Å²) in [5.41, 5.74) is 6.78. The molecule has 0 radical (unpaired) electrons. The summed E-state index contributed by atoms with van der Waals surface area (Å²) in [5, 5.41) is 4.56. The van der Waals surface area contributed by atoms with Crippen molar-refractivity contribution in [3.63, 3.8) is 0 Å². The van der Waals surface area contributed by atoms with Gasteiger partial charge in [0.1, 0.15) is 5.75 Å². The zero-order valence-corrected chi connectivity index (χ0v) is 11.9. The Morgan fingerprint density at radius 2 is 2.30 bits per heavy atom. The molecule has 0 bridgehead atoms. The van der Waals surface area contributed by atoms with Gasteiger partial charge in [-0.2, -0.15) is 4.98 Å². The smallest absolute Gasteiger partial charge is 0.229 e. The van der Waals surface area contributed by atoms with Gasteiger partial charge in [0.2, 0.25) is 11.7 Å². The van der Waals surface area contributed by atoms with Crippen LogP contribution in [0.5, 0.6) is 5.75 Å². The molecule has 1 fully saturated rings. The van der Waals surface area contributed by atoms with Crippen LogP contribution in [0.2, 0.25) is 5.02 Å². The molecule has 3 rings (SSSR count). The van der Waals surface area contributed by atoms with Gasteiger partial charge in [0, 0.05) is 22.5 Å². The third-order valence-electron chi connectivity index (χ3n) is 3.23. The van der Waals surface area contributed by atoms with Gasteiger partial charge in [-0.05, 0) is 38.0 Å². The van der Waals surface area contributed by atoms with E-state index in [-0.39, 0.29) is 12.6 Å². The minimum Gasteiger partial charge on any atom is -0.485 e. The number of ether oxygens (including phenoxy) is 1. The third kappa shape index (κ3) is 2.94. The fourth-order valence-corrected chi connectivity index (χ4v) is 2.15. The molecule has 1 atom stereocenters. The average Bonchev–Trinajstić information content (AvgIpc) is 3.17. The van der Waals surface area contributed by atoms with Crippen LogP contribution in [0.3, 0.4) is 0 Å². The molecular weight excluding hydrogens is 278 g/mol. The summed E-state index contributed by atoms with van der Waals surface area (Å²) >= 11 is 5.97. The molecule has 0 spiro atoms. The van der Waals surface area contributed by atoms with Crippen molar-refractivity contribution in [1.29, 1.82) is 0 Å². The molecule has 1 aliphatic rings. The fourth-order valence-electron chi connectivity index (χ4n) is 1.97. The first-order valence-electron chi connectivity index (χ1n) is 6.64. The second-order valence-electron chi connectivity index (χ2n) is 5.08. The van der Waals surface area contributed by atoms with Crippen LogP contribution >= 0.6 is 11.6 Å². The molecule has 5 nitrogen and oxygen atoms in total. The molecule has 0 saturated heterocycles. The first-order valence-corrected chi connectivity index (χ1v) is 7.01. The van der Waals surface area contributed by atoms with E-state index in [0.717, 1.165) is 18.4 Å². The van der Waals surface area contributed by atoms with Gasteiger partial charge in [-0.15, -0.1) is 0 Å². The van der Waals surface area contributed by atoms with E-state index in [9.17, 15) is 0 Å². The van der Waals surface area contributed by atoms with Crippen molar-refractivity contribution in [2.75, 3.05) is 0 Å². The van der Waals surface area contributed by atoms with Crippen molar-refractivity contribution in [3.05, 3.63) is 40.5 Å². The van der Waals surface area contributed by atoms with Crippen molar-refractivity contribution in [2.24, 2.45) is 5.73 Å². The largest absolute Gasteiger partial charge is 0.485 e. The first-order chi connectivity index (χ1) is 9.63. The number of hydrogen-bond acceptors (Lipinski definition) is 5. The van der Waals surface area contributed by atoms with Crippen LogP contribution in [-0.2, 0) is 6.61 Å². The molecule has 1 aromatic heterocycles. The molecule has 2 N–H and O–H groups in total. The number of hydrogen-bond donors (Lipinski definition) is 1. The molecule has 1 aromatic carbocycles. The summed E-state index contributed by atoms with van der Waals surface area (Å²) in [6.45, 7) is 2.15. The van der Waals surface area contributed by atoms with Crippen LogP contribution < -0.4 is 10.5 Å². The molecule has 1 heterocycles. The van der Waals surface area contributed by atoms with Crippen LogP contribution in [0.25, 0.3) is 0 Å². The highest BCUT2D eigenvalue weighted by Crippen LogP contribution is 2.38. The lowest BCUT2D eigenvalue weighted by Crippen LogP contribution is -2.08. The predicted octanol–water partition coefficient (Wildman–Crippen LogP) is 3.20. The molecule has 0 amide bonds. The molecule has 20 heavy (non-hydrogen) atoms. The predicted molar refractivity (Wildman–Crippen MR) is 74.7 cm³/mol. The van der Waals surface area contributed by atoms with Crippen molar-refractivity contribution < 1.29 is 9.26 Å². The zero-order chi connectivity index (χ0) is 14.1. The van der Waals surface area contributed by atoms with E-state index in [1.807, 2.05) is 19.1 Å². The minimum atomic E-state index is -0.156. The summed E-state index contributed by atoms with van der Waals surface area (Å²) in [4.78, 5) is 4.32. The molecule has 1 aliphatic carbocycles. The summed E-state index contributed by atoms with van der Waals surface area (Å²) in [7, 11) is 0. The van der Waals surface area contributed by atoms with E-state index in [2.05, 4.69) is 10.1 Å². The van der Waals surface area contributed by atoms with Crippen molar-refractivity contribution in [1.82, 2.24) is 10.1 Å². The molecule has 106 valence electrons. The molecule has 2 aromatic rings. The lowest BCUT2D eigenvalue weighted by molar-refractivity contribution is 0.281. The number of rotatable bonds is 5. The normalized spacial score (nSPS) is 16.1. The molecular formula is C14H16ClN3O2. The summed E-state index contributed by atoms with van der Waals surface area (Å²) in [6, 6.07) is 5.24. The number of nitrogens with two attached hydrogens (primary N) is 1. The van der Waals surface area contributed by atoms with Gasteiger partial charge in [0.15, 0.2) is 6.61 Å². The molecule has 6 heteroatoms. The molecule has 0 unspecified atom stereocenters. The number of aromatic nitrogens is 2. The van der Waals surface area contributed by atoms with E-state index < -0.39 is 0 Å². The monoisotopic (exact) mass is 293 g/mol. The maximum atomic E-state index is 5.97. The van der Waals surface area contributed by atoms with Gasteiger partial charge < -0.3 is 15.0 Å². The van der Waals surface area contributed by atoms with E-state index in [4.69, 9.17) is 26.6 Å². The maximum Gasteiger partial charge on any atom is 0.229 e. The highest BCUT2D eigenvalue weighted by molar-refractivity contribution is 6.30. The summed E-state index contributed by atoms with van der Waals surface area (Å²) < 4.78 is 10.9.